The Kier molecular flexibility index (Phi) is 9.61. The number of benzene rings is 3. The fraction of sp³-hybridized carbons (Fsp3) is 0.345. The first-order valence-electron chi connectivity index (χ1n) is 12.0. The van der Waals surface area contributed by atoms with Crippen LogP contribution in [0.1, 0.15) is 23.6 Å². The molecule has 3 aromatic rings. The second-order valence-electron chi connectivity index (χ2n) is 8.66. The van der Waals surface area contributed by atoms with Gasteiger partial charge in [0.25, 0.3) is 0 Å². The predicted molar refractivity (Wildman–Crippen MR) is 133 cm³/mol. The molecule has 1 saturated heterocycles. The number of esters is 1. The van der Waals surface area contributed by atoms with E-state index in [9.17, 15) is 9.90 Å². The average Bonchev–Trinajstić information content (AvgIpc) is 2.90. The van der Waals surface area contributed by atoms with Gasteiger partial charge >= 0.3 is 5.97 Å². The van der Waals surface area contributed by atoms with Crippen molar-refractivity contribution in [2.75, 3.05) is 6.61 Å². The maximum Gasteiger partial charge on any atom is 0.303 e. The van der Waals surface area contributed by atoms with Gasteiger partial charge in [0.15, 0.2) is 12.4 Å². The van der Waals surface area contributed by atoms with Crippen LogP contribution in [-0.4, -0.2) is 48.4 Å². The van der Waals surface area contributed by atoms with Crippen LogP contribution < -0.4 is 0 Å². The van der Waals surface area contributed by atoms with Crippen LogP contribution in [0.4, 0.5) is 0 Å². The molecule has 1 heterocycles. The smallest absolute Gasteiger partial charge is 0.303 e. The number of hydrogen-bond donors (Lipinski definition) is 1. The molecule has 1 N–H and O–H groups in total. The molecule has 4 rings (SSSR count). The lowest BCUT2D eigenvalue weighted by Crippen LogP contribution is -2.61. The molecule has 2 unspecified atom stereocenters. The molecule has 190 valence electrons. The Morgan fingerprint density at radius 1 is 0.722 bits per heavy atom. The third kappa shape index (κ3) is 7.46. The third-order valence-corrected chi connectivity index (χ3v) is 5.88. The Bertz CT molecular complexity index is 1040. The quantitative estimate of drug-likeness (QED) is 0.405. The highest BCUT2D eigenvalue weighted by atomic mass is 16.7. The van der Waals surface area contributed by atoms with Crippen LogP contribution >= 0.6 is 0 Å². The topological polar surface area (TPSA) is 83.5 Å². The van der Waals surface area contributed by atoms with Gasteiger partial charge in [-0.1, -0.05) is 91.0 Å². The SMILES string of the molecule is CC(=O)OC1[C@H](O)OC(COCc2ccccc2)[C@H](OCc2ccccc2)[C@H]1OCc1ccccc1. The van der Waals surface area contributed by atoms with E-state index < -0.39 is 36.7 Å². The van der Waals surface area contributed by atoms with E-state index in [2.05, 4.69) is 0 Å². The normalized spacial score (nSPS) is 23.8. The summed E-state index contributed by atoms with van der Waals surface area (Å²) in [5, 5.41) is 10.8. The van der Waals surface area contributed by atoms with Gasteiger partial charge in [0.05, 0.1) is 26.4 Å². The van der Waals surface area contributed by atoms with Crippen LogP contribution in [0.3, 0.4) is 0 Å². The Morgan fingerprint density at radius 3 is 1.69 bits per heavy atom. The Balaban J connectivity index is 1.53. The van der Waals surface area contributed by atoms with E-state index >= 15 is 0 Å². The minimum atomic E-state index is -1.39. The molecule has 0 aromatic heterocycles. The minimum absolute atomic E-state index is 0.156. The van der Waals surface area contributed by atoms with Crippen LogP contribution in [0.5, 0.6) is 0 Å². The highest BCUT2D eigenvalue weighted by Gasteiger charge is 2.49. The van der Waals surface area contributed by atoms with Crippen molar-refractivity contribution in [3.05, 3.63) is 108 Å². The lowest BCUT2D eigenvalue weighted by molar-refractivity contribution is -0.309. The van der Waals surface area contributed by atoms with E-state index in [0.717, 1.165) is 16.7 Å². The van der Waals surface area contributed by atoms with Crippen molar-refractivity contribution in [3.8, 4) is 0 Å². The predicted octanol–water partition coefficient (Wildman–Crippen LogP) is 4.02. The lowest BCUT2D eigenvalue weighted by atomic mass is 9.98. The summed E-state index contributed by atoms with van der Waals surface area (Å²) in [6.07, 6.45) is -4.56. The van der Waals surface area contributed by atoms with Gasteiger partial charge in [-0.2, -0.15) is 0 Å². The van der Waals surface area contributed by atoms with Gasteiger partial charge in [0, 0.05) is 6.92 Å². The first kappa shape index (κ1) is 26.0. The molecule has 0 saturated carbocycles. The summed E-state index contributed by atoms with van der Waals surface area (Å²) in [5.74, 6) is -0.545. The molecule has 0 radical (unpaired) electrons. The molecular formula is C29H32O7. The number of carbonyl (C=O) groups is 1. The molecule has 1 aliphatic heterocycles. The fourth-order valence-electron chi connectivity index (χ4n) is 4.14. The minimum Gasteiger partial charge on any atom is -0.454 e. The first-order chi connectivity index (χ1) is 17.6. The number of carbonyl (C=O) groups excluding carboxylic acids is 1. The van der Waals surface area contributed by atoms with E-state index in [-0.39, 0.29) is 19.8 Å². The number of hydrogen-bond acceptors (Lipinski definition) is 7. The first-order valence-corrected chi connectivity index (χ1v) is 12.0. The zero-order valence-electron chi connectivity index (χ0n) is 20.3. The Hall–Kier alpha value is -3.07. The van der Waals surface area contributed by atoms with Crippen molar-refractivity contribution in [1.82, 2.24) is 0 Å². The van der Waals surface area contributed by atoms with Gasteiger partial charge < -0.3 is 28.8 Å². The summed E-state index contributed by atoms with van der Waals surface area (Å²) in [4.78, 5) is 11.9. The molecule has 0 spiro atoms. The average molecular weight is 493 g/mol. The summed E-state index contributed by atoms with van der Waals surface area (Å²) < 4.78 is 29.8. The number of rotatable bonds is 11. The van der Waals surface area contributed by atoms with E-state index in [0.29, 0.717) is 6.61 Å². The number of aliphatic hydroxyl groups excluding tert-OH is 1. The molecule has 3 aromatic carbocycles. The van der Waals surface area contributed by atoms with Crippen LogP contribution in [0.25, 0.3) is 0 Å². The summed E-state index contributed by atoms with van der Waals surface area (Å²) in [7, 11) is 0. The molecule has 36 heavy (non-hydrogen) atoms. The molecule has 0 aliphatic carbocycles. The van der Waals surface area contributed by atoms with Crippen LogP contribution in [0.2, 0.25) is 0 Å². The van der Waals surface area contributed by atoms with Crippen molar-refractivity contribution in [1.29, 1.82) is 0 Å². The summed E-state index contributed by atoms with van der Waals surface area (Å²) in [5.41, 5.74) is 2.93. The van der Waals surface area contributed by atoms with E-state index in [1.54, 1.807) is 0 Å². The van der Waals surface area contributed by atoms with Gasteiger partial charge in [-0.05, 0) is 16.7 Å². The van der Waals surface area contributed by atoms with Gasteiger partial charge in [0.1, 0.15) is 18.3 Å². The summed E-state index contributed by atoms with van der Waals surface area (Å²) in [6, 6.07) is 29.2. The van der Waals surface area contributed by atoms with Crippen molar-refractivity contribution in [2.24, 2.45) is 0 Å². The molecule has 0 bridgehead atoms. The van der Waals surface area contributed by atoms with Gasteiger partial charge in [0.2, 0.25) is 0 Å². The third-order valence-electron chi connectivity index (χ3n) is 5.88. The van der Waals surface area contributed by atoms with Crippen molar-refractivity contribution < 1.29 is 33.6 Å². The van der Waals surface area contributed by atoms with Crippen molar-refractivity contribution >= 4 is 5.97 Å². The zero-order chi connectivity index (χ0) is 25.2. The van der Waals surface area contributed by atoms with E-state index in [1.807, 2.05) is 91.0 Å². The standard InChI is InChI=1S/C29H32O7/c1-21(30)35-28-27(34-19-24-15-9-4-10-16-24)26(33-18-23-13-7-3-8-14-23)25(36-29(28)31)20-32-17-22-11-5-2-6-12-22/h2-16,25-29,31H,17-20H2,1H3/t25?,26-,27+,28?,29+/m0/s1. The molecule has 1 fully saturated rings. The molecule has 1 aliphatic rings. The molecule has 0 amide bonds. The lowest BCUT2D eigenvalue weighted by Gasteiger charge is -2.44. The van der Waals surface area contributed by atoms with E-state index in [1.165, 1.54) is 6.92 Å². The monoisotopic (exact) mass is 492 g/mol. The second kappa shape index (κ2) is 13.3. The van der Waals surface area contributed by atoms with Crippen LogP contribution in [0, 0.1) is 0 Å². The number of aliphatic hydroxyl groups is 1. The zero-order valence-corrected chi connectivity index (χ0v) is 20.3. The summed E-state index contributed by atoms with van der Waals surface area (Å²) >= 11 is 0. The maximum absolute atomic E-state index is 11.9. The number of ether oxygens (including phenoxy) is 5. The Labute approximate surface area is 211 Å². The van der Waals surface area contributed by atoms with Crippen molar-refractivity contribution in [3.63, 3.8) is 0 Å². The van der Waals surface area contributed by atoms with Crippen LogP contribution in [0.15, 0.2) is 91.0 Å². The molecule has 7 nitrogen and oxygen atoms in total. The molecule has 5 atom stereocenters. The highest BCUT2D eigenvalue weighted by molar-refractivity contribution is 5.66. The largest absolute Gasteiger partial charge is 0.454 e. The second-order valence-corrected chi connectivity index (χ2v) is 8.66. The van der Waals surface area contributed by atoms with Crippen LogP contribution in [-0.2, 0) is 48.3 Å². The van der Waals surface area contributed by atoms with Gasteiger partial charge in [-0.25, -0.2) is 0 Å². The Morgan fingerprint density at radius 2 is 1.19 bits per heavy atom. The maximum atomic E-state index is 11.9. The fourth-order valence-corrected chi connectivity index (χ4v) is 4.14. The molecular weight excluding hydrogens is 460 g/mol. The van der Waals surface area contributed by atoms with Gasteiger partial charge in [-0.15, -0.1) is 0 Å². The van der Waals surface area contributed by atoms with Gasteiger partial charge in [-0.3, -0.25) is 4.79 Å². The highest BCUT2D eigenvalue weighted by Crippen LogP contribution is 2.29. The molecule has 7 heteroatoms. The summed E-state index contributed by atoms with van der Waals surface area (Å²) in [6.45, 7) is 2.36. The van der Waals surface area contributed by atoms with Crippen molar-refractivity contribution in [2.45, 2.75) is 57.5 Å². The van der Waals surface area contributed by atoms with E-state index in [4.69, 9.17) is 23.7 Å².